The highest BCUT2D eigenvalue weighted by atomic mass is 16.6. The van der Waals surface area contributed by atoms with E-state index in [1.165, 1.54) is 0 Å². The van der Waals surface area contributed by atoms with Crippen molar-refractivity contribution in [1.29, 1.82) is 0 Å². The van der Waals surface area contributed by atoms with Crippen molar-refractivity contribution in [3.05, 3.63) is 23.9 Å². The first kappa shape index (κ1) is 15.6. The van der Waals surface area contributed by atoms with E-state index in [9.17, 15) is 4.79 Å². The summed E-state index contributed by atoms with van der Waals surface area (Å²) in [4.78, 5) is 18.1. The number of ether oxygens (including phenoxy) is 2. The largest absolute Gasteiger partial charge is 0.475 e. The first-order valence-corrected chi connectivity index (χ1v) is 7.40. The Morgan fingerprint density at radius 3 is 2.81 bits per heavy atom. The van der Waals surface area contributed by atoms with Gasteiger partial charge in [-0.05, 0) is 46.1 Å². The zero-order chi connectivity index (χ0) is 15.5. The van der Waals surface area contributed by atoms with Gasteiger partial charge in [-0.1, -0.05) is 6.07 Å². The molecule has 1 fully saturated rings. The number of hydrogen-bond acceptors (Lipinski definition) is 4. The van der Waals surface area contributed by atoms with Crippen LogP contribution >= 0.6 is 0 Å². The highest BCUT2D eigenvalue weighted by molar-refractivity contribution is 5.69. The molecule has 0 radical (unpaired) electrons. The number of nitrogens with zero attached hydrogens (tertiary/aromatic N) is 2. The Morgan fingerprint density at radius 1 is 1.43 bits per heavy atom. The van der Waals surface area contributed by atoms with Crippen molar-refractivity contribution in [2.24, 2.45) is 0 Å². The Balaban J connectivity index is 1.90. The number of aryl methyl sites for hydroxylation is 1. The molecular weight excluding hydrogens is 268 g/mol. The first-order valence-electron chi connectivity index (χ1n) is 7.40. The zero-order valence-corrected chi connectivity index (χ0v) is 13.3. The zero-order valence-electron chi connectivity index (χ0n) is 13.3. The van der Waals surface area contributed by atoms with Crippen molar-refractivity contribution in [1.82, 2.24) is 9.88 Å². The van der Waals surface area contributed by atoms with Crippen LogP contribution in [0.4, 0.5) is 4.79 Å². The Labute approximate surface area is 126 Å². The van der Waals surface area contributed by atoms with Crippen molar-refractivity contribution in [2.75, 3.05) is 13.2 Å². The topological polar surface area (TPSA) is 51.7 Å². The molecule has 0 saturated carbocycles. The second kappa shape index (κ2) is 6.33. The quantitative estimate of drug-likeness (QED) is 0.858. The average molecular weight is 292 g/mol. The molecule has 0 aliphatic carbocycles. The number of rotatable bonds is 3. The van der Waals surface area contributed by atoms with Gasteiger partial charge in [0.05, 0.1) is 6.04 Å². The Bertz CT molecular complexity index is 479. The SMILES string of the molecule is Cc1ccc(OC[C@@H]2CCCN2C(=O)OC(C)(C)C)nc1. The molecule has 21 heavy (non-hydrogen) atoms. The fourth-order valence-electron chi connectivity index (χ4n) is 2.29. The van der Waals surface area contributed by atoms with Crippen LogP contribution < -0.4 is 4.74 Å². The van der Waals surface area contributed by atoms with E-state index >= 15 is 0 Å². The van der Waals surface area contributed by atoms with Crippen molar-refractivity contribution in [3.63, 3.8) is 0 Å². The molecule has 0 bridgehead atoms. The third-order valence-corrected chi connectivity index (χ3v) is 3.31. The predicted octanol–water partition coefficient (Wildman–Crippen LogP) is 3.17. The summed E-state index contributed by atoms with van der Waals surface area (Å²) in [5.74, 6) is 0.594. The minimum absolute atomic E-state index is 0.0583. The summed E-state index contributed by atoms with van der Waals surface area (Å²) in [5, 5.41) is 0. The summed E-state index contributed by atoms with van der Waals surface area (Å²) in [5.41, 5.74) is 0.627. The Hall–Kier alpha value is -1.78. The van der Waals surface area contributed by atoms with Crippen LogP contribution in [0.3, 0.4) is 0 Å². The maximum atomic E-state index is 12.2. The summed E-state index contributed by atoms with van der Waals surface area (Å²) in [6.07, 6.45) is 3.43. The van der Waals surface area contributed by atoms with Gasteiger partial charge >= 0.3 is 6.09 Å². The van der Waals surface area contributed by atoms with Crippen LogP contribution in [-0.2, 0) is 4.74 Å². The number of carbonyl (C=O) groups is 1. The average Bonchev–Trinajstić information content (AvgIpc) is 2.84. The van der Waals surface area contributed by atoms with Crippen molar-refractivity contribution < 1.29 is 14.3 Å². The minimum atomic E-state index is -0.469. The molecule has 0 unspecified atom stereocenters. The number of hydrogen-bond donors (Lipinski definition) is 0. The summed E-state index contributed by atoms with van der Waals surface area (Å²) in [6.45, 7) is 8.80. The lowest BCUT2D eigenvalue weighted by Crippen LogP contribution is -2.42. The number of aromatic nitrogens is 1. The van der Waals surface area contributed by atoms with E-state index in [0.29, 0.717) is 12.5 Å². The number of carbonyl (C=O) groups excluding carboxylic acids is 1. The van der Waals surface area contributed by atoms with Gasteiger partial charge in [-0.3, -0.25) is 0 Å². The van der Waals surface area contributed by atoms with E-state index in [1.807, 2.05) is 39.8 Å². The van der Waals surface area contributed by atoms with E-state index < -0.39 is 5.60 Å². The molecule has 5 heteroatoms. The van der Waals surface area contributed by atoms with Crippen LogP contribution in [0.2, 0.25) is 0 Å². The summed E-state index contributed by atoms with van der Waals surface area (Å²) in [7, 11) is 0. The van der Waals surface area contributed by atoms with Crippen LogP contribution in [0.15, 0.2) is 18.3 Å². The van der Waals surface area contributed by atoms with Gasteiger partial charge in [-0.15, -0.1) is 0 Å². The summed E-state index contributed by atoms with van der Waals surface area (Å²) < 4.78 is 11.1. The van der Waals surface area contributed by atoms with Gasteiger partial charge in [0.2, 0.25) is 5.88 Å². The Kier molecular flexibility index (Phi) is 4.70. The van der Waals surface area contributed by atoms with Crippen LogP contribution in [0.5, 0.6) is 5.88 Å². The van der Waals surface area contributed by atoms with Crippen molar-refractivity contribution in [3.8, 4) is 5.88 Å². The van der Waals surface area contributed by atoms with E-state index in [4.69, 9.17) is 9.47 Å². The van der Waals surface area contributed by atoms with Crippen LogP contribution in [0, 0.1) is 6.92 Å². The number of amides is 1. The highest BCUT2D eigenvalue weighted by Crippen LogP contribution is 2.21. The summed E-state index contributed by atoms with van der Waals surface area (Å²) >= 11 is 0. The van der Waals surface area contributed by atoms with Gasteiger partial charge in [0.15, 0.2) is 0 Å². The standard InChI is InChI=1S/C16H24N2O3/c1-12-7-8-14(17-10-12)20-11-13-6-5-9-18(13)15(19)21-16(2,3)4/h7-8,10,13H,5-6,9,11H2,1-4H3/t13-/m0/s1. The van der Waals surface area contributed by atoms with Gasteiger partial charge in [-0.25, -0.2) is 9.78 Å². The van der Waals surface area contributed by atoms with Crippen LogP contribution in [-0.4, -0.2) is 40.8 Å². The molecular formula is C16H24N2O3. The van der Waals surface area contributed by atoms with E-state index in [-0.39, 0.29) is 12.1 Å². The lowest BCUT2D eigenvalue weighted by Gasteiger charge is -2.28. The van der Waals surface area contributed by atoms with Crippen molar-refractivity contribution in [2.45, 2.75) is 52.2 Å². The molecule has 0 N–H and O–H groups in total. The monoisotopic (exact) mass is 292 g/mol. The predicted molar refractivity (Wildman–Crippen MR) is 80.4 cm³/mol. The normalized spacial score (nSPS) is 18.7. The number of pyridine rings is 1. The van der Waals surface area contributed by atoms with Gasteiger partial charge in [0.25, 0.3) is 0 Å². The molecule has 5 nitrogen and oxygen atoms in total. The molecule has 1 aromatic rings. The molecule has 2 heterocycles. The lowest BCUT2D eigenvalue weighted by atomic mass is 10.2. The second-order valence-corrected chi connectivity index (χ2v) is 6.45. The van der Waals surface area contributed by atoms with E-state index in [2.05, 4.69) is 4.98 Å². The van der Waals surface area contributed by atoms with Crippen LogP contribution in [0.25, 0.3) is 0 Å². The summed E-state index contributed by atoms with van der Waals surface area (Å²) in [6, 6.07) is 3.87. The third-order valence-electron chi connectivity index (χ3n) is 3.31. The molecule has 1 amide bonds. The van der Waals surface area contributed by atoms with Gasteiger partial charge in [-0.2, -0.15) is 0 Å². The van der Waals surface area contributed by atoms with Crippen molar-refractivity contribution >= 4 is 6.09 Å². The highest BCUT2D eigenvalue weighted by Gasteiger charge is 2.32. The number of likely N-dealkylation sites (tertiary alicyclic amines) is 1. The maximum Gasteiger partial charge on any atom is 0.410 e. The molecule has 1 aliphatic rings. The minimum Gasteiger partial charge on any atom is -0.475 e. The molecule has 2 rings (SSSR count). The molecule has 1 atom stereocenters. The maximum absolute atomic E-state index is 12.2. The van der Waals surface area contributed by atoms with Gasteiger partial charge in [0, 0.05) is 18.8 Å². The lowest BCUT2D eigenvalue weighted by molar-refractivity contribution is 0.0186. The third kappa shape index (κ3) is 4.62. The smallest absolute Gasteiger partial charge is 0.410 e. The molecule has 0 aromatic carbocycles. The molecule has 0 spiro atoms. The van der Waals surface area contributed by atoms with Gasteiger partial charge in [0.1, 0.15) is 12.2 Å². The Morgan fingerprint density at radius 2 is 2.19 bits per heavy atom. The molecule has 1 aliphatic heterocycles. The second-order valence-electron chi connectivity index (χ2n) is 6.45. The van der Waals surface area contributed by atoms with Gasteiger partial charge < -0.3 is 14.4 Å². The fraction of sp³-hybridized carbons (Fsp3) is 0.625. The molecule has 1 saturated heterocycles. The first-order chi connectivity index (χ1) is 9.85. The molecule has 116 valence electrons. The molecule has 1 aromatic heterocycles. The fourth-order valence-corrected chi connectivity index (χ4v) is 2.29. The van der Waals surface area contributed by atoms with E-state index in [1.54, 1.807) is 11.1 Å². The van der Waals surface area contributed by atoms with Crippen LogP contribution in [0.1, 0.15) is 39.2 Å². The van der Waals surface area contributed by atoms with E-state index in [0.717, 1.165) is 24.9 Å².